The van der Waals surface area contributed by atoms with Gasteiger partial charge in [-0.3, -0.25) is 19.9 Å². The first-order valence-electron chi connectivity index (χ1n) is 5.90. The van der Waals surface area contributed by atoms with E-state index < -0.39 is 0 Å². The number of nitrogens with one attached hydrogen (secondary N) is 1. The van der Waals surface area contributed by atoms with Crippen LogP contribution in [-0.4, -0.2) is 19.7 Å². The molecule has 0 atom stereocenters. The minimum atomic E-state index is -0.0648. The number of H-pyrrole nitrogens is 1. The highest BCUT2D eigenvalue weighted by atomic mass is 16.1. The van der Waals surface area contributed by atoms with Gasteiger partial charge in [-0.15, -0.1) is 0 Å². The molecule has 19 heavy (non-hydrogen) atoms. The van der Waals surface area contributed by atoms with Crippen molar-refractivity contribution >= 4 is 0 Å². The second-order valence-corrected chi connectivity index (χ2v) is 4.20. The minimum absolute atomic E-state index is 0.0648. The first-order chi connectivity index (χ1) is 9.27. The molecule has 0 aromatic carbocycles. The molecular weight excluding hydrogens is 240 g/mol. The molecule has 3 heterocycles. The van der Waals surface area contributed by atoms with Crippen molar-refractivity contribution in [1.82, 2.24) is 19.7 Å². The van der Waals surface area contributed by atoms with Crippen LogP contribution in [0, 0.1) is 6.92 Å². The van der Waals surface area contributed by atoms with Gasteiger partial charge in [0, 0.05) is 35.9 Å². The van der Waals surface area contributed by atoms with Crippen molar-refractivity contribution in [2.75, 3.05) is 0 Å². The van der Waals surface area contributed by atoms with Crippen LogP contribution in [0.25, 0.3) is 16.9 Å². The highest BCUT2D eigenvalue weighted by molar-refractivity contribution is 5.61. The van der Waals surface area contributed by atoms with E-state index in [-0.39, 0.29) is 5.56 Å². The molecule has 5 nitrogen and oxygen atoms in total. The molecule has 0 aliphatic heterocycles. The normalized spacial score (nSPS) is 10.6. The fourth-order valence-corrected chi connectivity index (χ4v) is 1.99. The second kappa shape index (κ2) is 4.53. The summed E-state index contributed by atoms with van der Waals surface area (Å²) in [5.74, 6) is 0. The Morgan fingerprint density at radius 1 is 1.11 bits per heavy atom. The van der Waals surface area contributed by atoms with Crippen LogP contribution in [0.5, 0.6) is 0 Å². The predicted octanol–water partition coefficient (Wildman–Crippen LogP) is 1.93. The number of aromatic nitrogens is 4. The van der Waals surface area contributed by atoms with E-state index in [1.54, 1.807) is 43.8 Å². The van der Waals surface area contributed by atoms with Gasteiger partial charge >= 0.3 is 0 Å². The van der Waals surface area contributed by atoms with Crippen molar-refractivity contribution < 1.29 is 0 Å². The van der Waals surface area contributed by atoms with Crippen LogP contribution in [0.3, 0.4) is 0 Å². The van der Waals surface area contributed by atoms with Crippen LogP contribution in [0.1, 0.15) is 5.56 Å². The molecule has 0 fully saturated rings. The Hall–Kier alpha value is -2.69. The SMILES string of the molecule is Cc1c(-c2cccnc2)[nH]n(-c2ccncc2)c1=O. The lowest BCUT2D eigenvalue weighted by atomic mass is 10.1. The van der Waals surface area contributed by atoms with Gasteiger partial charge in [-0.1, -0.05) is 0 Å². The van der Waals surface area contributed by atoms with Crippen LogP contribution < -0.4 is 5.56 Å². The van der Waals surface area contributed by atoms with Gasteiger partial charge in [0.1, 0.15) is 0 Å². The Morgan fingerprint density at radius 3 is 2.58 bits per heavy atom. The highest BCUT2D eigenvalue weighted by Crippen LogP contribution is 2.18. The summed E-state index contributed by atoms with van der Waals surface area (Å²) in [5.41, 5.74) is 3.05. The Balaban J connectivity index is 2.19. The molecule has 0 saturated heterocycles. The van der Waals surface area contributed by atoms with Crippen molar-refractivity contribution in [3.8, 4) is 16.9 Å². The van der Waals surface area contributed by atoms with Crippen molar-refractivity contribution in [3.63, 3.8) is 0 Å². The summed E-state index contributed by atoms with van der Waals surface area (Å²) in [7, 11) is 0. The summed E-state index contributed by atoms with van der Waals surface area (Å²) < 4.78 is 1.51. The van der Waals surface area contributed by atoms with E-state index in [0.29, 0.717) is 5.56 Å². The Morgan fingerprint density at radius 2 is 1.89 bits per heavy atom. The first-order valence-corrected chi connectivity index (χ1v) is 5.90. The molecule has 0 saturated carbocycles. The fraction of sp³-hybridized carbons (Fsp3) is 0.0714. The number of hydrogen-bond acceptors (Lipinski definition) is 3. The van der Waals surface area contributed by atoms with Crippen molar-refractivity contribution in [2.45, 2.75) is 6.92 Å². The van der Waals surface area contributed by atoms with E-state index in [2.05, 4.69) is 15.1 Å². The van der Waals surface area contributed by atoms with Gasteiger partial charge in [-0.05, 0) is 31.2 Å². The standard InChI is InChI=1S/C14H12N4O/c1-10-13(11-3-2-6-16-9-11)17-18(14(10)19)12-4-7-15-8-5-12/h2-9,17H,1H3. The fourth-order valence-electron chi connectivity index (χ4n) is 1.99. The summed E-state index contributed by atoms with van der Waals surface area (Å²) >= 11 is 0. The zero-order valence-electron chi connectivity index (χ0n) is 10.4. The van der Waals surface area contributed by atoms with Gasteiger partial charge in [0.25, 0.3) is 5.56 Å². The highest BCUT2D eigenvalue weighted by Gasteiger charge is 2.12. The monoisotopic (exact) mass is 252 g/mol. The Kier molecular flexibility index (Phi) is 2.72. The van der Waals surface area contributed by atoms with Crippen LogP contribution in [0.2, 0.25) is 0 Å². The summed E-state index contributed by atoms with van der Waals surface area (Å²) in [5, 5.41) is 3.12. The van der Waals surface area contributed by atoms with Crippen molar-refractivity contribution in [2.24, 2.45) is 0 Å². The molecule has 5 heteroatoms. The van der Waals surface area contributed by atoms with E-state index in [1.807, 2.05) is 12.1 Å². The number of pyridine rings is 2. The van der Waals surface area contributed by atoms with Gasteiger partial charge in [-0.25, -0.2) is 4.68 Å². The number of hydrogen-bond donors (Lipinski definition) is 1. The molecule has 0 amide bonds. The summed E-state index contributed by atoms with van der Waals surface area (Å²) in [6.07, 6.45) is 6.75. The third-order valence-corrected chi connectivity index (χ3v) is 2.99. The van der Waals surface area contributed by atoms with E-state index in [4.69, 9.17) is 0 Å². The number of nitrogens with zero attached hydrogens (tertiary/aromatic N) is 3. The largest absolute Gasteiger partial charge is 0.290 e. The zero-order valence-corrected chi connectivity index (χ0v) is 10.4. The molecule has 94 valence electrons. The third-order valence-electron chi connectivity index (χ3n) is 2.99. The molecule has 0 bridgehead atoms. The molecule has 3 aromatic rings. The predicted molar refractivity (Wildman–Crippen MR) is 72.2 cm³/mol. The molecule has 0 spiro atoms. The smallest absolute Gasteiger partial charge is 0.274 e. The van der Waals surface area contributed by atoms with Crippen LogP contribution in [-0.2, 0) is 0 Å². The van der Waals surface area contributed by atoms with E-state index >= 15 is 0 Å². The zero-order chi connectivity index (χ0) is 13.2. The van der Waals surface area contributed by atoms with Crippen molar-refractivity contribution in [1.29, 1.82) is 0 Å². The number of aromatic amines is 1. The van der Waals surface area contributed by atoms with Crippen LogP contribution in [0.15, 0.2) is 53.8 Å². The Bertz CT molecular complexity index is 744. The minimum Gasteiger partial charge on any atom is -0.290 e. The first kappa shape index (κ1) is 11.4. The lowest BCUT2D eigenvalue weighted by molar-refractivity contribution is 0.848. The average molecular weight is 252 g/mol. The maximum atomic E-state index is 12.3. The topological polar surface area (TPSA) is 63.6 Å². The maximum Gasteiger partial charge on any atom is 0.274 e. The molecule has 0 aliphatic rings. The molecular formula is C14H12N4O. The van der Waals surface area contributed by atoms with Crippen molar-refractivity contribution in [3.05, 3.63) is 65.0 Å². The molecule has 3 rings (SSSR count). The van der Waals surface area contributed by atoms with Crippen LogP contribution >= 0.6 is 0 Å². The van der Waals surface area contributed by atoms with E-state index in [9.17, 15) is 4.79 Å². The van der Waals surface area contributed by atoms with Gasteiger partial charge in [-0.2, -0.15) is 0 Å². The van der Waals surface area contributed by atoms with Gasteiger partial charge in [0.15, 0.2) is 0 Å². The lowest BCUT2D eigenvalue weighted by Crippen LogP contribution is -2.15. The van der Waals surface area contributed by atoms with Gasteiger partial charge < -0.3 is 0 Å². The van der Waals surface area contributed by atoms with Gasteiger partial charge in [0.2, 0.25) is 0 Å². The summed E-state index contributed by atoms with van der Waals surface area (Å²) in [6, 6.07) is 7.33. The molecule has 3 aromatic heterocycles. The lowest BCUT2D eigenvalue weighted by Gasteiger charge is -2.01. The van der Waals surface area contributed by atoms with Crippen LogP contribution in [0.4, 0.5) is 0 Å². The average Bonchev–Trinajstić information content (AvgIpc) is 2.77. The third kappa shape index (κ3) is 1.95. The molecule has 0 radical (unpaired) electrons. The quantitative estimate of drug-likeness (QED) is 0.758. The Labute approximate surface area is 109 Å². The number of rotatable bonds is 2. The molecule has 0 unspecified atom stereocenters. The molecule has 0 aliphatic carbocycles. The summed E-state index contributed by atoms with van der Waals surface area (Å²) in [6.45, 7) is 1.80. The maximum absolute atomic E-state index is 12.3. The van der Waals surface area contributed by atoms with E-state index in [0.717, 1.165) is 16.9 Å². The van der Waals surface area contributed by atoms with Gasteiger partial charge in [0.05, 0.1) is 11.4 Å². The summed E-state index contributed by atoms with van der Waals surface area (Å²) in [4.78, 5) is 20.3. The van der Waals surface area contributed by atoms with E-state index in [1.165, 1.54) is 4.68 Å². The molecule has 1 N–H and O–H groups in total. The second-order valence-electron chi connectivity index (χ2n) is 4.20.